The van der Waals surface area contributed by atoms with E-state index in [1.54, 1.807) is 19.5 Å². The van der Waals surface area contributed by atoms with Crippen LogP contribution in [-0.2, 0) is 0 Å². The van der Waals surface area contributed by atoms with E-state index in [0.29, 0.717) is 0 Å². The van der Waals surface area contributed by atoms with Crippen LogP contribution in [-0.4, -0.2) is 36.1 Å². The second-order valence-electron chi connectivity index (χ2n) is 3.89. The molecule has 4 heteroatoms. The van der Waals surface area contributed by atoms with Crippen molar-refractivity contribution in [1.29, 1.82) is 0 Å². The van der Waals surface area contributed by atoms with Crippen LogP contribution in [0.4, 0.5) is 0 Å². The van der Waals surface area contributed by atoms with Gasteiger partial charge in [-0.15, -0.1) is 0 Å². The van der Waals surface area contributed by atoms with Crippen LogP contribution in [0.5, 0.6) is 5.75 Å². The molecular weight excluding hydrogens is 214 g/mol. The van der Waals surface area contributed by atoms with Gasteiger partial charge in [0.2, 0.25) is 0 Å². The molecule has 0 bridgehead atoms. The normalized spacial score (nSPS) is 11.0. The lowest BCUT2D eigenvalue weighted by molar-refractivity contribution is 0.412. The van der Waals surface area contributed by atoms with Crippen molar-refractivity contribution in [3.8, 4) is 5.75 Å². The zero-order valence-corrected chi connectivity index (χ0v) is 10.2. The van der Waals surface area contributed by atoms with E-state index in [9.17, 15) is 0 Å². The minimum Gasteiger partial charge on any atom is -0.494 e. The molecule has 0 amide bonds. The van der Waals surface area contributed by atoms with E-state index in [2.05, 4.69) is 9.97 Å². The Labute approximate surface area is 101 Å². The number of pyridine rings is 2. The lowest BCUT2D eigenvalue weighted by Crippen LogP contribution is -2.00. The van der Waals surface area contributed by atoms with Gasteiger partial charge in [-0.1, -0.05) is 0 Å². The number of rotatable bonds is 3. The van der Waals surface area contributed by atoms with E-state index in [0.717, 1.165) is 22.3 Å². The highest BCUT2D eigenvalue weighted by atomic mass is 16.5. The summed E-state index contributed by atoms with van der Waals surface area (Å²) in [6, 6.07) is 3.82. The van der Waals surface area contributed by atoms with Crippen LogP contribution in [0, 0.1) is 0 Å². The lowest BCUT2D eigenvalue weighted by atomic mass is 10.2. The highest BCUT2D eigenvalue weighted by Gasteiger charge is 2.07. The van der Waals surface area contributed by atoms with Gasteiger partial charge in [0.25, 0.3) is 0 Å². The molecule has 0 saturated carbocycles. The van der Waals surface area contributed by atoms with Gasteiger partial charge in [-0.3, -0.25) is 9.97 Å². The van der Waals surface area contributed by atoms with E-state index >= 15 is 0 Å². The molecule has 0 unspecified atom stereocenters. The molecule has 0 spiro atoms. The molecule has 2 aromatic rings. The number of hydrogen-bond donors (Lipinski definition) is 0. The third-order valence-electron chi connectivity index (χ3n) is 2.39. The van der Waals surface area contributed by atoms with Crippen molar-refractivity contribution in [1.82, 2.24) is 14.9 Å². The van der Waals surface area contributed by atoms with Crippen LogP contribution in [0.2, 0.25) is 0 Å². The molecule has 4 nitrogen and oxygen atoms in total. The highest BCUT2D eigenvalue weighted by Crippen LogP contribution is 2.25. The summed E-state index contributed by atoms with van der Waals surface area (Å²) in [5.74, 6) is 0.731. The molecule has 88 valence electrons. The molecule has 2 rings (SSSR count). The Kier molecular flexibility index (Phi) is 3.23. The van der Waals surface area contributed by atoms with Crippen molar-refractivity contribution < 1.29 is 4.74 Å². The monoisotopic (exact) mass is 229 g/mol. The molecule has 0 fully saturated rings. The zero-order valence-electron chi connectivity index (χ0n) is 10.2. The topological polar surface area (TPSA) is 38.3 Å². The van der Waals surface area contributed by atoms with E-state index in [-0.39, 0.29) is 0 Å². The first-order chi connectivity index (χ1) is 8.22. The predicted octanol–water partition coefficient (Wildman–Crippen LogP) is 2.17. The van der Waals surface area contributed by atoms with Gasteiger partial charge < -0.3 is 9.64 Å². The summed E-state index contributed by atoms with van der Waals surface area (Å²) in [7, 11) is 5.58. The zero-order chi connectivity index (χ0) is 12.3. The number of methoxy groups -OCH3 is 1. The fourth-order valence-electron chi connectivity index (χ4n) is 1.57. The minimum absolute atomic E-state index is 0.731. The van der Waals surface area contributed by atoms with Gasteiger partial charge in [-0.2, -0.15) is 0 Å². The van der Waals surface area contributed by atoms with Gasteiger partial charge in [-0.25, -0.2) is 0 Å². The maximum atomic E-state index is 5.31. The summed E-state index contributed by atoms with van der Waals surface area (Å²) in [6.45, 7) is 0. The van der Waals surface area contributed by atoms with Gasteiger partial charge in [0.05, 0.1) is 24.3 Å². The summed E-state index contributed by atoms with van der Waals surface area (Å²) < 4.78 is 5.31. The Morgan fingerprint density at radius 1 is 1.29 bits per heavy atom. The van der Waals surface area contributed by atoms with Gasteiger partial charge in [0.1, 0.15) is 5.75 Å². The maximum Gasteiger partial charge on any atom is 0.146 e. The van der Waals surface area contributed by atoms with Gasteiger partial charge in [-0.05, 0) is 24.4 Å². The van der Waals surface area contributed by atoms with Gasteiger partial charge in [0, 0.05) is 25.9 Å². The molecule has 17 heavy (non-hydrogen) atoms. The van der Waals surface area contributed by atoms with Crippen LogP contribution in [0.1, 0.15) is 5.56 Å². The molecule has 0 radical (unpaired) electrons. The predicted molar refractivity (Wildman–Crippen MR) is 68.8 cm³/mol. The van der Waals surface area contributed by atoms with Crippen molar-refractivity contribution in [3.63, 3.8) is 0 Å². The molecule has 0 saturated heterocycles. The molecule has 0 atom stereocenters. The molecular formula is C13H15N3O. The van der Waals surface area contributed by atoms with Crippen LogP contribution in [0.3, 0.4) is 0 Å². The Hall–Kier alpha value is -2.10. The van der Waals surface area contributed by atoms with Crippen molar-refractivity contribution in [2.75, 3.05) is 21.2 Å². The molecule has 0 N–H and O–H groups in total. The fourth-order valence-corrected chi connectivity index (χ4v) is 1.57. The first-order valence-corrected chi connectivity index (χ1v) is 5.34. The molecule has 0 aromatic carbocycles. The Bertz CT molecular complexity index is 549. The largest absolute Gasteiger partial charge is 0.494 e. The number of aromatic nitrogens is 2. The number of ether oxygens (including phenoxy) is 1. The quantitative estimate of drug-likeness (QED) is 0.808. The molecule has 0 aliphatic heterocycles. The summed E-state index contributed by atoms with van der Waals surface area (Å²) in [6.07, 6.45) is 7.43. The molecule has 2 heterocycles. The van der Waals surface area contributed by atoms with E-state index in [1.165, 1.54) is 0 Å². The highest BCUT2D eigenvalue weighted by molar-refractivity contribution is 5.86. The second kappa shape index (κ2) is 4.82. The Morgan fingerprint density at radius 3 is 2.82 bits per heavy atom. The smallest absolute Gasteiger partial charge is 0.146 e. The summed E-state index contributed by atoms with van der Waals surface area (Å²) >= 11 is 0. The third kappa shape index (κ3) is 2.36. The van der Waals surface area contributed by atoms with Crippen molar-refractivity contribution in [3.05, 3.63) is 36.3 Å². The molecule has 0 aliphatic carbocycles. The SMILES string of the molecule is COc1cnc2cccnc2c1C=CN(C)C. The standard InChI is InChI=1S/C13H15N3O/c1-16(2)8-6-10-12(17-3)9-15-11-5-4-7-14-13(10)11/h4-9H,1-3H3. The first-order valence-electron chi connectivity index (χ1n) is 5.34. The van der Waals surface area contributed by atoms with E-state index in [1.807, 2.05) is 43.4 Å². The Balaban J connectivity index is 2.63. The average molecular weight is 229 g/mol. The number of hydrogen-bond acceptors (Lipinski definition) is 4. The van der Waals surface area contributed by atoms with Crippen LogP contribution in [0.25, 0.3) is 17.1 Å². The van der Waals surface area contributed by atoms with Crippen molar-refractivity contribution in [2.24, 2.45) is 0 Å². The summed E-state index contributed by atoms with van der Waals surface area (Å²) in [4.78, 5) is 10.6. The molecule has 0 aliphatic rings. The first kappa shape index (κ1) is 11.4. The third-order valence-corrected chi connectivity index (χ3v) is 2.39. The Morgan fingerprint density at radius 2 is 2.12 bits per heavy atom. The average Bonchev–Trinajstić information content (AvgIpc) is 2.35. The van der Waals surface area contributed by atoms with E-state index < -0.39 is 0 Å². The maximum absolute atomic E-state index is 5.31. The minimum atomic E-state index is 0.731. The van der Waals surface area contributed by atoms with Crippen molar-refractivity contribution >= 4 is 17.1 Å². The van der Waals surface area contributed by atoms with E-state index in [4.69, 9.17) is 4.74 Å². The summed E-state index contributed by atoms with van der Waals surface area (Å²) in [5, 5.41) is 0. The fraction of sp³-hybridized carbons (Fsp3) is 0.231. The van der Waals surface area contributed by atoms with Crippen molar-refractivity contribution in [2.45, 2.75) is 0 Å². The van der Waals surface area contributed by atoms with Gasteiger partial charge >= 0.3 is 0 Å². The van der Waals surface area contributed by atoms with Crippen LogP contribution >= 0.6 is 0 Å². The number of fused-ring (bicyclic) bond motifs is 1. The van der Waals surface area contributed by atoms with Gasteiger partial charge in [0.15, 0.2) is 0 Å². The summed E-state index contributed by atoms with van der Waals surface area (Å²) in [5.41, 5.74) is 2.67. The van der Waals surface area contributed by atoms with Crippen LogP contribution < -0.4 is 4.74 Å². The molecule has 2 aromatic heterocycles. The van der Waals surface area contributed by atoms with Crippen LogP contribution in [0.15, 0.2) is 30.7 Å². The second-order valence-corrected chi connectivity index (χ2v) is 3.89. The lowest BCUT2D eigenvalue weighted by Gasteiger charge is -2.08. The number of nitrogens with zero attached hydrogens (tertiary/aromatic N) is 3.